The Morgan fingerprint density at radius 3 is 2.64 bits per heavy atom. The summed E-state index contributed by atoms with van der Waals surface area (Å²) < 4.78 is 0. The summed E-state index contributed by atoms with van der Waals surface area (Å²) in [5.41, 5.74) is 5.29. The van der Waals surface area contributed by atoms with Crippen LogP contribution in [0, 0.1) is 0 Å². The summed E-state index contributed by atoms with van der Waals surface area (Å²) in [4.78, 5) is 13.2. The normalized spacial score (nSPS) is 39.1. The second kappa shape index (κ2) is 3.87. The fourth-order valence-electron chi connectivity index (χ4n) is 2.59. The number of carbonyl (C=O) groups is 1. The van der Waals surface area contributed by atoms with Gasteiger partial charge in [0.2, 0.25) is 5.91 Å². The highest BCUT2D eigenvalue weighted by molar-refractivity contribution is 5.80. The van der Waals surface area contributed by atoms with Crippen LogP contribution in [0.3, 0.4) is 0 Å². The lowest BCUT2D eigenvalue weighted by atomic mass is 9.87. The molecule has 0 bridgehead atoms. The molecular weight excluding hydrogens is 180 g/mol. The average molecular weight is 198 g/mol. The summed E-state index contributed by atoms with van der Waals surface area (Å²) >= 11 is 0. The number of likely N-dealkylation sites (tertiary alicyclic amines) is 1. The quantitative estimate of drug-likeness (QED) is 0.648. The smallest absolute Gasteiger partial charge is 0.234 e. The summed E-state index contributed by atoms with van der Waals surface area (Å²) in [7, 11) is 0. The van der Waals surface area contributed by atoms with Gasteiger partial charge in [0.15, 0.2) is 0 Å². The molecule has 1 aliphatic carbocycles. The summed E-state index contributed by atoms with van der Waals surface area (Å²) in [5, 5.41) is 9.53. The lowest BCUT2D eigenvalue weighted by Crippen LogP contribution is -2.59. The first-order chi connectivity index (χ1) is 6.68. The van der Waals surface area contributed by atoms with E-state index < -0.39 is 0 Å². The molecule has 1 aliphatic heterocycles. The van der Waals surface area contributed by atoms with Crippen LogP contribution in [-0.4, -0.2) is 40.6 Å². The van der Waals surface area contributed by atoms with E-state index in [9.17, 15) is 9.90 Å². The van der Waals surface area contributed by atoms with E-state index in [2.05, 4.69) is 4.90 Å². The van der Waals surface area contributed by atoms with Gasteiger partial charge in [0.1, 0.15) is 0 Å². The molecule has 80 valence electrons. The average Bonchev–Trinajstić information content (AvgIpc) is 2.00. The highest BCUT2D eigenvalue weighted by Gasteiger charge is 2.38. The minimum absolute atomic E-state index is 0.0645. The summed E-state index contributed by atoms with van der Waals surface area (Å²) in [6.07, 6.45) is 4.59. The standard InChI is InChI=1S/C10H18N2O2/c11-10(14)9-4-5-12(9)7-2-1-3-8(13)6-7/h7-9,13H,1-6H2,(H2,11,14). The van der Waals surface area contributed by atoms with Gasteiger partial charge < -0.3 is 10.8 Å². The molecule has 4 nitrogen and oxygen atoms in total. The number of nitrogens with zero attached hydrogens (tertiary/aromatic N) is 1. The number of nitrogens with two attached hydrogens (primary N) is 1. The Morgan fingerprint density at radius 2 is 2.14 bits per heavy atom. The minimum atomic E-state index is -0.212. The van der Waals surface area contributed by atoms with Gasteiger partial charge >= 0.3 is 0 Å². The number of hydrogen-bond donors (Lipinski definition) is 2. The van der Waals surface area contributed by atoms with Gasteiger partial charge in [-0.05, 0) is 32.1 Å². The third kappa shape index (κ3) is 1.77. The molecule has 3 atom stereocenters. The largest absolute Gasteiger partial charge is 0.393 e. The highest BCUT2D eigenvalue weighted by Crippen LogP contribution is 2.29. The Morgan fingerprint density at radius 1 is 1.36 bits per heavy atom. The van der Waals surface area contributed by atoms with Crippen molar-refractivity contribution in [1.29, 1.82) is 0 Å². The molecule has 3 N–H and O–H groups in total. The van der Waals surface area contributed by atoms with Gasteiger partial charge in [0.25, 0.3) is 0 Å². The topological polar surface area (TPSA) is 66.6 Å². The van der Waals surface area contributed by atoms with E-state index in [1.807, 2.05) is 0 Å². The molecule has 1 heterocycles. The van der Waals surface area contributed by atoms with Crippen LogP contribution in [0.25, 0.3) is 0 Å². The van der Waals surface area contributed by atoms with Gasteiger partial charge in [-0.2, -0.15) is 0 Å². The van der Waals surface area contributed by atoms with Gasteiger partial charge in [-0.3, -0.25) is 9.69 Å². The van der Waals surface area contributed by atoms with Crippen molar-refractivity contribution in [1.82, 2.24) is 4.90 Å². The predicted octanol–water partition coefficient (Wildman–Crippen LogP) is -0.151. The molecule has 1 amide bonds. The zero-order chi connectivity index (χ0) is 10.1. The summed E-state index contributed by atoms with van der Waals surface area (Å²) in [6, 6.07) is 0.315. The van der Waals surface area contributed by atoms with Crippen molar-refractivity contribution in [3.05, 3.63) is 0 Å². The molecule has 2 rings (SSSR count). The van der Waals surface area contributed by atoms with Crippen LogP contribution in [-0.2, 0) is 4.79 Å². The zero-order valence-electron chi connectivity index (χ0n) is 8.35. The van der Waals surface area contributed by atoms with Crippen LogP contribution in [0.4, 0.5) is 0 Å². The van der Waals surface area contributed by atoms with Crippen molar-refractivity contribution in [2.24, 2.45) is 5.73 Å². The van der Waals surface area contributed by atoms with Crippen LogP contribution in [0.2, 0.25) is 0 Å². The molecule has 3 unspecified atom stereocenters. The van der Waals surface area contributed by atoms with E-state index in [1.54, 1.807) is 0 Å². The minimum Gasteiger partial charge on any atom is -0.393 e. The van der Waals surface area contributed by atoms with E-state index in [0.717, 1.165) is 38.6 Å². The number of amides is 1. The van der Waals surface area contributed by atoms with Crippen LogP contribution >= 0.6 is 0 Å². The van der Waals surface area contributed by atoms with Crippen LogP contribution < -0.4 is 5.73 Å². The molecule has 0 aromatic rings. The van der Waals surface area contributed by atoms with E-state index in [0.29, 0.717) is 6.04 Å². The fourth-order valence-corrected chi connectivity index (χ4v) is 2.59. The highest BCUT2D eigenvalue weighted by atomic mass is 16.3. The second-order valence-electron chi connectivity index (χ2n) is 4.42. The molecule has 0 aromatic carbocycles. The third-order valence-electron chi connectivity index (χ3n) is 3.48. The Labute approximate surface area is 84.1 Å². The van der Waals surface area contributed by atoms with E-state index >= 15 is 0 Å². The van der Waals surface area contributed by atoms with Crippen LogP contribution in [0.1, 0.15) is 32.1 Å². The lowest BCUT2D eigenvalue weighted by molar-refractivity contribution is -0.130. The number of hydrogen-bond acceptors (Lipinski definition) is 3. The van der Waals surface area contributed by atoms with Gasteiger partial charge in [-0.1, -0.05) is 0 Å². The molecule has 2 fully saturated rings. The molecule has 0 spiro atoms. The van der Waals surface area contributed by atoms with E-state index in [4.69, 9.17) is 5.73 Å². The lowest BCUT2D eigenvalue weighted by Gasteiger charge is -2.46. The maximum absolute atomic E-state index is 11.0. The van der Waals surface area contributed by atoms with Gasteiger partial charge in [0, 0.05) is 12.6 Å². The first kappa shape index (κ1) is 9.93. The second-order valence-corrected chi connectivity index (χ2v) is 4.42. The predicted molar refractivity (Wildman–Crippen MR) is 52.6 cm³/mol. The van der Waals surface area contributed by atoms with Crippen molar-refractivity contribution in [3.8, 4) is 0 Å². The van der Waals surface area contributed by atoms with E-state index in [1.165, 1.54) is 0 Å². The molecule has 4 heteroatoms. The van der Waals surface area contributed by atoms with Crippen molar-refractivity contribution in [2.45, 2.75) is 50.3 Å². The van der Waals surface area contributed by atoms with Gasteiger partial charge in [-0.25, -0.2) is 0 Å². The van der Waals surface area contributed by atoms with Crippen LogP contribution in [0.5, 0.6) is 0 Å². The number of primary amides is 1. The zero-order valence-corrected chi connectivity index (χ0v) is 8.35. The van der Waals surface area contributed by atoms with E-state index in [-0.39, 0.29) is 18.1 Å². The Balaban J connectivity index is 1.91. The molecule has 1 saturated carbocycles. The number of carbonyl (C=O) groups excluding carboxylic acids is 1. The maximum Gasteiger partial charge on any atom is 0.234 e. The number of aliphatic hydroxyl groups excluding tert-OH is 1. The van der Waals surface area contributed by atoms with Crippen molar-refractivity contribution < 1.29 is 9.90 Å². The number of rotatable bonds is 2. The molecule has 0 radical (unpaired) electrons. The van der Waals surface area contributed by atoms with Crippen molar-refractivity contribution >= 4 is 5.91 Å². The van der Waals surface area contributed by atoms with Crippen molar-refractivity contribution in [3.63, 3.8) is 0 Å². The SMILES string of the molecule is NC(=O)C1CCN1C1CCCC(O)C1. The van der Waals surface area contributed by atoms with Crippen molar-refractivity contribution in [2.75, 3.05) is 6.54 Å². The van der Waals surface area contributed by atoms with Gasteiger partial charge in [0.05, 0.1) is 12.1 Å². The molecule has 1 saturated heterocycles. The Hall–Kier alpha value is -0.610. The first-order valence-corrected chi connectivity index (χ1v) is 5.41. The third-order valence-corrected chi connectivity index (χ3v) is 3.48. The fraction of sp³-hybridized carbons (Fsp3) is 0.900. The summed E-state index contributed by atoms with van der Waals surface area (Å²) in [5.74, 6) is -0.212. The van der Waals surface area contributed by atoms with Gasteiger partial charge in [-0.15, -0.1) is 0 Å². The molecule has 14 heavy (non-hydrogen) atoms. The summed E-state index contributed by atoms with van der Waals surface area (Å²) in [6.45, 7) is 0.963. The molecular formula is C10H18N2O2. The Bertz CT molecular complexity index is 232. The Kier molecular flexibility index (Phi) is 2.74. The maximum atomic E-state index is 11.0. The monoisotopic (exact) mass is 198 g/mol. The molecule has 2 aliphatic rings. The first-order valence-electron chi connectivity index (χ1n) is 5.41. The molecule has 0 aromatic heterocycles. The van der Waals surface area contributed by atoms with Crippen LogP contribution in [0.15, 0.2) is 0 Å². The number of aliphatic hydroxyl groups is 1.